The Morgan fingerprint density at radius 2 is 1.65 bits per heavy atom. The maximum absolute atomic E-state index is 12.2. The van der Waals surface area contributed by atoms with Crippen molar-refractivity contribution in [2.45, 2.75) is 22.0 Å². The van der Waals surface area contributed by atoms with Gasteiger partial charge in [0.15, 0.2) is 0 Å². The Morgan fingerprint density at radius 1 is 1.09 bits per heavy atom. The molecule has 2 aromatic rings. The fraction of sp³-hybridized carbons (Fsp3) is 0.188. The number of hydrogen-bond acceptors (Lipinski definition) is 5. The van der Waals surface area contributed by atoms with Gasteiger partial charge in [-0.25, -0.2) is 0 Å². The van der Waals surface area contributed by atoms with E-state index >= 15 is 0 Å². The summed E-state index contributed by atoms with van der Waals surface area (Å²) in [5.41, 5.74) is 0.796. The summed E-state index contributed by atoms with van der Waals surface area (Å²) >= 11 is 3.00. The first-order valence-corrected chi connectivity index (χ1v) is 8.96. The largest absolute Gasteiger partial charge is 0.325 e. The van der Waals surface area contributed by atoms with E-state index in [0.29, 0.717) is 0 Å². The molecule has 0 heterocycles. The normalized spacial score (nSPS) is 11.7. The molecule has 1 amide bonds. The molecule has 0 aliphatic carbocycles. The zero-order chi connectivity index (χ0) is 16.8. The molecule has 0 bridgehead atoms. The van der Waals surface area contributed by atoms with Gasteiger partial charge < -0.3 is 5.32 Å². The Bertz CT molecular complexity index is 687. The van der Waals surface area contributed by atoms with Gasteiger partial charge in [-0.3, -0.25) is 14.9 Å². The Hall–Kier alpha value is -1.99. The fourth-order valence-corrected chi connectivity index (χ4v) is 3.10. The standard InChI is InChI=1S/C16H16N2O3S2/c1-11(23-15-9-5-13(6-10-15)18(20)21)16(19)17-12-3-7-14(22-2)8-4-12/h3-11H,1-2H3,(H,17,19). The molecule has 0 radical (unpaired) electrons. The first-order chi connectivity index (χ1) is 11.0. The molecule has 7 heteroatoms. The monoisotopic (exact) mass is 348 g/mol. The van der Waals surface area contributed by atoms with Crippen molar-refractivity contribution in [1.29, 1.82) is 0 Å². The second-order valence-electron chi connectivity index (χ2n) is 4.73. The summed E-state index contributed by atoms with van der Waals surface area (Å²) in [5, 5.41) is 13.2. The van der Waals surface area contributed by atoms with Gasteiger partial charge in [0.1, 0.15) is 0 Å². The van der Waals surface area contributed by atoms with E-state index in [1.807, 2.05) is 30.5 Å². The number of hydrogen-bond donors (Lipinski definition) is 1. The van der Waals surface area contributed by atoms with Crippen LogP contribution in [0.5, 0.6) is 0 Å². The number of nitrogens with one attached hydrogen (secondary N) is 1. The van der Waals surface area contributed by atoms with Crippen LogP contribution in [0.15, 0.2) is 58.3 Å². The summed E-state index contributed by atoms with van der Waals surface area (Å²) in [5.74, 6) is -0.106. The molecule has 2 rings (SSSR count). The Kier molecular flexibility index (Phi) is 6.06. The van der Waals surface area contributed by atoms with E-state index in [-0.39, 0.29) is 16.8 Å². The summed E-state index contributed by atoms with van der Waals surface area (Å²) in [6.07, 6.45) is 2.00. The number of nitro groups is 1. The summed E-state index contributed by atoms with van der Waals surface area (Å²) in [4.78, 5) is 24.3. The molecule has 120 valence electrons. The number of anilines is 1. The van der Waals surface area contributed by atoms with Gasteiger partial charge in [0.05, 0.1) is 10.2 Å². The molecule has 1 N–H and O–H groups in total. The van der Waals surface area contributed by atoms with Crippen molar-refractivity contribution in [3.8, 4) is 0 Å². The van der Waals surface area contributed by atoms with Crippen LogP contribution in [0.3, 0.4) is 0 Å². The smallest absolute Gasteiger partial charge is 0.269 e. The van der Waals surface area contributed by atoms with Crippen molar-refractivity contribution >= 4 is 40.8 Å². The molecule has 23 heavy (non-hydrogen) atoms. The summed E-state index contributed by atoms with van der Waals surface area (Å²) in [6.45, 7) is 1.80. The zero-order valence-electron chi connectivity index (χ0n) is 12.7. The molecular formula is C16H16N2O3S2. The van der Waals surface area contributed by atoms with Crippen molar-refractivity contribution in [3.05, 3.63) is 58.6 Å². The second-order valence-corrected chi connectivity index (χ2v) is 7.02. The Morgan fingerprint density at radius 3 is 2.17 bits per heavy atom. The molecular weight excluding hydrogens is 332 g/mol. The van der Waals surface area contributed by atoms with Crippen molar-refractivity contribution in [1.82, 2.24) is 0 Å². The van der Waals surface area contributed by atoms with Gasteiger partial charge in [-0.05, 0) is 49.6 Å². The average Bonchev–Trinajstić information content (AvgIpc) is 2.56. The topological polar surface area (TPSA) is 72.2 Å². The van der Waals surface area contributed by atoms with Gasteiger partial charge in [0.25, 0.3) is 5.69 Å². The Labute approximate surface area is 143 Å². The summed E-state index contributed by atoms with van der Waals surface area (Å²) in [6, 6.07) is 13.8. The highest BCUT2D eigenvalue weighted by atomic mass is 32.2. The number of thioether (sulfide) groups is 2. The number of nitrogens with zero attached hydrogens (tertiary/aromatic N) is 1. The van der Waals surface area contributed by atoms with E-state index in [0.717, 1.165) is 15.5 Å². The molecule has 1 unspecified atom stereocenters. The third-order valence-corrected chi connectivity index (χ3v) is 4.94. The minimum Gasteiger partial charge on any atom is -0.325 e. The molecule has 5 nitrogen and oxygen atoms in total. The molecule has 0 saturated carbocycles. The number of non-ortho nitro benzene ring substituents is 1. The van der Waals surface area contributed by atoms with Crippen LogP contribution in [-0.4, -0.2) is 22.3 Å². The summed E-state index contributed by atoms with van der Waals surface area (Å²) < 4.78 is 0. The van der Waals surface area contributed by atoms with Gasteiger partial charge in [0, 0.05) is 27.6 Å². The highest BCUT2D eigenvalue weighted by Crippen LogP contribution is 2.26. The first-order valence-electron chi connectivity index (χ1n) is 6.85. The molecule has 2 aromatic carbocycles. The predicted octanol–water partition coefficient (Wildman–Crippen LogP) is 4.44. The molecule has 0 fully saturated rings. The maximum atomic E-state index is 12.2. The van der Waals surface area contributed by atoms with Crippen molar-refractivity contribution in [2.75, 3.05) is 11.6 Å². The molecule has 0 aliphatic rings. The number of rotatable bonds is 6. The Balaban J connectivity index is 1.94. The quantitative estimate of drug-likeness (QED) is 0.475. The summed E-state index contributed by atoms with van der Waals surface area (Å²) in [7, 11) is 0. The van der Waals surface area contributed by atoms with E-state index in [9.17, 15) is 14.9 Å². The van der Waals surface area contributed by atoms with Crippen molar-refractivity contribution in [2.24, 2.45) is 0 Å². The lowest BCUT2D eigenvalue weighted by Crippen LogP contribution is -2.22. The lowest BCUT2D eigenvalue weighted by atomic mass is 10.3. The lowest BCUT2D eigenvalue weighted by molar-refractivity contribution is -0.384. The number of benzene rings is 2. The number of amides is 1. The van der Waals surface area contributed by atoms with Crippen LogP contribution in [0, 0.1) is 10.1 Å². The lowest BCUT2D eigenvalue weighted by Gasteiger charge is -2.12. The SMILES string of the molecule is CSc1ccc(NC(=O)C(C)Sc2ccc([N+](=O)[O-])cc2)cc1. The third-order valence-electron chi connectivity index (χ3n) is 3.09. The van der Waals surface area contributed by atoms with E-state index in [4.69, 9.17) is 0 Å². The van der Waals surface area contributed by atoms with Crippen LogP contribution >= 0.6 is 23.5 Å². The fourth-order valence-electron chi connectivity index (χ4n) is 1.82. The van der Waals surface area contributed by atoms with E-state index in [1.54, 1.807) is 30.8 Å². The minimum absolute atomic E-state index is 0.0420. The van der Waals surface area contributed by atoms with Crippen LogP contribution in [0.1, 0.15) is 6.92 Å². The predicted molar refractivity (Wildman–Crippen MR) is 95.3 cm³/mol. The second kappa shape index (κ2) is 8.03. The van der Waals surface area contributed by atoms with Crippen LogP contribution in [-0.2, 0) is 4.79 Å². The first kappa shape index (κ1) is 17.4. The maximum Gasteiger partial charge on any atom is 0.269 e. The highest BCUT2D eigenvalue weighted by Gasteiger charge is 2.15. The van der Waals surface area contributed by atoms with Crippen LogP contribution < -0.4 is 5.32 Å². The average molecular weight is 348 g/mol. The van der Waals surface area contributed by atoms with Crippen LogP contribution in [0.4, 0.5) is 11.4 Å². The molecule has 0 aromatic heterocycles. The van der Waals surface area contributed by atoms with Gasteiger partial charge >= 0.3 is 0 Å². The van der Waals surface area contributed by atoms with Gasteiger partial charge in [-0.15, -0.1) is 23.5 Å². The molecule has 0 aliphatic heterocycles. The third kappa shape index (κ3) is 5.01. The van der Waals surface area contributed by atoms with Gasteiger partial charge in [-0.1, -0.05) is 0 Å². The number of carbonyl (C=O) groups excluding carboxylic acids is 1. The van der Waals surface area contributed by atoms with Gasteiger partial charge in [-0.2, -0.15) is 0 Å². The molecule has 0 spiro atoms. The van der Waals surface area contributed by atoms with E-state index < -0.39 is 4.92 Å². The van der Waals surface area contributed by atoms with Crippen molar-refractivity contribution < 1.29 is 9.72 Å². The van der Waals surface area contributed by atoms with E-state index in [2.05, 4.69) is 5.32 Å². The van der Waals surface area contributed by atoms with Crippen molar-refractivity contribution in [3.63, 3.8) is 0 Å². The molecule has 0 saturated heterocycles. The van der Waals surface area contributed by atoms with E-state index in [1.165, 1.54) is 23.9 Å². The number of nitro benzene ring substituents is 1. The van der Waals surface area contributed by atoms with Crippen LogP contribution in [0.2, 0.25) is 0 Å². The van der Waals surface area contributed by atoms with Gasteiger partial charge in [0.2, 0.25) is 5.91 Å². The minimum atomic E-state index is -0.442. The molecule has 1 atom stereocenters. The van der Waals surface area contributed by atoms with Crippen LogP contribution in [0.25, 0.3) is 0 Å². The number of carbonyl (C=O) groups is 1. The zero-order valence-corrected chi connectivity index (χ0v) is 14.3. The highest BCUT2D eigenvalue weighted by molar-refractivity contribution is 8.00.